The summed E-state index contributed by atoms with van der Waals surface area (Å²) in [5.41, 5.74) is 21.5. The summed E-state index contributed by atoms with van der Waals surface area (Å²) in [6, 6.07) is 60.4. The van der Waals surface area contributed by atoms with Gasteiger partial charge in [0.05, 0.1) is 27.8 Å². The molecule has 53 heavy (non-hydrogen) atoms. The van der Waals surface area contributed by atoms with Gasteiger partial charge in [0.1, 0.15) is 0 Å². The number of para-hydroxylation sites is 3. The van der Waals surface area contributed by atoms with Crippen LogP contribution < -0.4 is 0 Å². The Bertz CT molecular complexity index is 3100. The van der Waals surface area contributed by atoms with Gasteiger partial charge in [0, 0.05) is 27.2 Å². The zero-order chi connectivity index (χ0) is 35.4. The fraction of sp³-hybridized carbons (Fsp3) is 0.0588. The summed E-state index contributed by atoms with van der Waals surface area (Å²) in [7, 11) is 0. The van der Waals surface area contributed by atoms with Gasteiger partial charge in [-0.15, -0.1) is 0 Å². The van der Waals surface area contributed by atoms with Crippen LogP contribution in [0, 0.1) is 20.8 Å². The minimum absolute atomic E-state index is 1.17. The molecule has 2 heterocycles. The van der Waals surface area contributed by atoms with Crippen LogP contribution in [0.5, 0.6) is 0 Å². The average molecular weight is 677 g/mol. The second kappa shape index (κ2) is 11.2. The van der Waals surface area contributed by atoms with Gasteiger partial charge in [-0.05, 0) is 118 Å². The van der Waals surface area contributed by atoms with Gasteiger partial charge in [-0.25, -0.2) is 0 Å². The number of rotatable bonds is 2. The molecule has 0 atom stereocenters. The molecule has 8 aromatic carbocycles. The Kier molecular flexibility index (Phi) is 6.33. The summed E-state index contributed by atoms with van der Waals surface area (Å²) in [4.78, 5) is 0. The van der Waals surface area contributed by atoms with Gasteiger partial charge in [0.2, 0.25) is 0 Å². The van der Waals surface area contributed by atoms with E-state index in [0.29, 0.717) is 0 Å². The summed E-state index contributed by atoms with van der Waals surface area (Å²) >= 11 is 0. The largest absolute Gasteiger partial charge is 0.309 e. The highest BCUT2D eigenvalue weighted by atomic mass is 15.0. The fourth-order valence-corrected chi connectivity index (χ4v) is 9.51. The Morgan fingerprint density at radius 2 is 0.679 bits per heavy atom. The fourth-order valence-electron chi connectivity index (χ4n) is 9.51. The number of aromatic nitrogens is 2. The Labute approximate surface area is 308 Å². The van der Waals surface area contributed by atoms with Crippen molar-refractivity contribution in [2.24, 2.45) is 0 Å². The first-order chi connectivity index (χ1) is 26.1. The third-order valence-electron chi connectivity index (χ3n) is 11.9. The Hall–Kier alpha value is -6.64. The minimum Gasteiger partial charge on any atom is -0.309 e. The molecule has 2 aromatic heterocycles. The van der Waals surface area contributed by atoms with Crippen molar-refractivity contribution in [2.45, 2.75) is 20.8 Å². The van der Waals surface area contributed by atoms with E-state index < -0.39 is 0 Å². The SMILES string of the molecule is Cc1c(C)c(-n2c3ccccc3c3cc(-n4c5ccccc5c5ccccc54)ccc32)c(C)c2c1-c1ccccc1-c1ccccc1-c1ccccc1-2. The minimum atomic E-state index is 1.17. The molecule has 0 bridgehead atoms. The highest BCUT2D eigenvalue weighted by Crippen LogP contribution is 2.52. The zero-order valence-electron chi connectivity index (χ0n) is 30.0. The van der Waals surface area contributed by atoms with Crippen molar-refractivity contribution in [3.05, 3.63) is 180 Å². The molecule has 0 N–H and O–H groups in total. The number of benzene rings is 8. The molecule has 0 saturated carbocycles. The molecule has 10 aromatic rings. The number of hydrogen-bond donors (Lipinski definition) is 0. The Balaban J connectivity index is 1.24. The smallest absolute Gasteiger partial charge is 0.0542 e. The molecular weight excluding hydrogens is 641 g/mol. The van der Waals surface area contributed by atoms with Crippen LogP contribution >= 0.6 is 0 Å². The topological polar surface area (TPSA) is 9.86 Å². The molecule has 2 heteroatoms. The lowest BCUT2D eigenvalue weighted by Gasteiger charge is -2.29. The molecule has 250 valence electrons. The summed E-state index contributed by atoms with van der Waals surface area (Å²) in [6.45, 7) is 7.01. The summed E-state index contributed by atoms with van der Waals surface area (Å²) in [5, 5.41) is 5.06. The van der Waals surface area contributed by atoms with Gasteiger partial charge < -0.3 is 9.13 Å². The molecule has 0 amide bonds. The van der Waals surface area contributed by atoms with E-state index in [1.807, 2.05) is 0 Å². The first kappa shape index (κ1) is 30.0. The lowest BCUT2D eigenvalue weighted by atomic mass is 9.76. The molecule has 2 nitrogen and oxygen atoms in total. The van der Waals surface area contributed by atoms with Crippen molar-refractivity contribution in [2.75, 3.05) is 0 Å². The number of hydrogen-bond acceptors (Lipinski definition) is 0. The predicted molar refractivity (Wildman–Crippen MR) is 225 cm³/mol. The third kappa shape index (κ3) is 4.09. The van der Waals surface area contributed by atoms with E-state index in [0.717, 1.165) is 0 Å². The van der Waals surface area contributed by atoms with Crippen LogP contribution in [0.3, 0.4) is 0 Å². The monoisotopic (exact) mass is 676 g/mol. The van der Waals surface area contributed by atoms with Crippen molar-refractivity contribution in [3.8, 4) is 55.9 Å². The van der Waals surface area contributed by atoms with Gasteiger partial charge in [0.15, 0.2) is 0 Å². The van der Waals surface area contributed by atoms with E-state index in [2.05, 4.69) is 194 Å². The first-order valence-corrected chi connectivity index (χ1v) is 18.5. The molecule has 0 unspecified atom stereocenters. The standard InChI is InChI=1S/C51H36N2/c1-31-32(2)51(33(3)50-43-24-9-7-19-38(43)36-17-5-4-16-35(36)37-18-6-8-23-42(37)49(31)50)53-47-27-15-12-22-41(47)44-30-34(28-29-48(44)53)52-45-25-13-10-20-39(45)40-21-11-14-26-46(40)52/h4-30H,1-3H3. The summed E-state index contributed by atoms with van der Waals surface area (Å²) < 4.78 is 4.97. The number of fused-ring (bicyclic) bond motifs is 14. The van der Waals surface area contributed by atoms with Crippen molar-refractivity contribution in [3.63, 3.8) is 0 Å². The van der Waals surface area contributed by atoms with Crippen molar-refractivity contribution >= 4 is 43.6 Å². The highest BCUT2D eigenvalue weighted by molar-refractivity contribution is 6.13. The lowest BCUT2D eigenvalue weighted by Crippen LogP contribution is -2.08. The quantitative estimate of drug-likeness (QED) is 0.172. The maximum Gasteiger partial charge on any atom is 0.0542 e. The van der Waals surface area contributed by atoms with Crippen LogP contribution in [0.2, 0.25) is 0 Å². The van der Waals surface area contributed by atoms with Crippen LogP contribution in [0.1, 0.15) is 16.7 Å². The van der Waals surface area contributed by atoms with E-state index in [1.54, 1.807) is 0 Å². The summed E-state index contributed by atoms with van der Waals surface area (Å²) in [5.74, 6) is 0. The van der Waals surface area contributed by atoms with Crippen LogP contribution in [0.4, 0.5) is 0 Å². The van der Waals surface area contributed by atoms with E-state index >= 15 is 0 Å². The maximum atomic E-state index is 2.54. The molecule has 0 spiro atoms. The van der Waals surface area contributed by atoms with Gasteiger partial charge in [-0.1, -0.05) is 127 Å². The highest BCUT2D eigenvalue weighted by Gasteiger charge is 2.28. The summed E-state index contributed by atoms with van der Waals surface area (Å²) in [6.07, 6.45) is 0. The van der Waals surface area contributed by atoms with Crippen molar-refractivity contribution in [1.82, 2.24) is 9.13 Å². The van der Waals surface area contributed by atoms with Gasteiger partial charge >= 0.3 is 0 Å². The molecule has 0 saturated heterocycles. The third-order valence-corrected chi connectivity index (χ3v) is 11.9. The average Bonchev–Trinajstić information content (AvgIpc) is 3.71. The normalized spacial score (nSPS) is 12.1. The molecule has 1 aliphatic carbocycles. The van der Waals surface area contributed by atoms with E-state index in [9.17, 15) is 0 Å². The number of nitrogens with zero attached hydrogens (tertiary/aromatic N) is 2. The zero-order valence-corrected chi connectivity index (χ0v) is 30.0. The lowest BCUT2D eigenvalue weighted by molar-refractivity contribution is 1.10. The van der Waals surface area contributed by atoms with Crippen molar-refractivity contribution < 1.29 is 0 Å². The van der Waals surface area contributed by atoms with Crippen LogP contribution in [0.15, 0.2) is 164 Å². The van der Waals surface area contributed by atoms with Crippen LogP contribution in [0.25, 0.3) is 99.5 Å². The molecule has 0 radical (unpaired) electrons. The molecule has 0 fully saturated rings. The molecular formula is C51H36N2. The Morgan fingerprint density at radius 3 is 1.21 bits per heavy atom. The maximum absolute atomic E-state index is 2.54. The van der Waals surface area contributed by atoms with Crippen molar-refractivity contribution in [1.29, 1.82) is 0 Å². The molecule has 11 rings (SSSR count). The van der Waals surface area contributed by atoms with Gasteiger partial charge in [-0.2, -0.15) is 0 Å². The first-order valence-electron chi connectivity index (χ1n) is 18.5. The van der Waals surface area contributed by atoms with Crippen LogP contribution in [-0.2, 0) is 0 Å². The van der Waals surface area contributed by atoms with Gasteiger partial charge in [-0.3, -0.25) is 0 Å². The van der Waals surface area contributed by atoms with E-state index in [-0.39, 0.29) is 0 Å². The molecule has 0 aliphatic heterocycles. The van der Waals surface area contributed by atoms with E-state index in [1.165, 1.54) is 116 Å². The molecule has 1 aliphatic rings. The Morgan fingerprint density at radius 1 is 0.302 bits per heavy atom. The second-order valence-corrected chi connectivity index (χ2v) is 14.5. The van der Waals surface area contributed by atoms with Crippen LogP contribution in [-0.4, -0.2) is 9.13 Å². The van der Waals surface area contributed by atoms with E-state index in [4.69, 9.17) is 0 Å². The second-order valence-electron chi connectivity index (χ2n) is 14.5. The predicted octanol–water partition coefficient (Wildman–Crippen LogP) is 13.8. The van der Waals surface area contributed by atoms with Gasteiger partial charge in [0.25, 0.3) is 0 Å².